The highest BCUT2D eigenvalue weighted by Crippen LogP contribution is 2.58. The molecule has 4 aliphatic rings. The lowest BCUT2D eigenvalue weighted by atomic mass is 9.50. The van der Waals surface area contributed by atoms with E-state index in [9.17, 15) is 5.11 Å². The van der Waals surface area contributed by atoms with E-state index in [0.717, 1.165) is 18.4 Å². The lowest BCUT2D eigenvalue weighted by Crippen LogP contribution is -2.63. The monoisotopic (exact) mass is 289 g/mol. The first kappa shape index (κ1) is 13.8. The van der Waals surface area contributed by atoms with Gasteiger partial charge in [0.05, 0.1) is 0 Å². The summed E-state index contributed by atoms with van der Waals surface area (Å²) in [6.07, 6.45) is 13.0. The predicted octanol–water partition coefficient (Wildman–Crippen LogP) is 2.72. The van der Waals surface area contributed by atoms with Gasteiger partial charge in [-0.3, -0.25) is 0 Å². The molecule has 116 valence electrons. The molecule has 4 saturated carbocycles. The summed E-state index contributed by atoms with van der Waals surface area (Å²) in [5.41, 5.74) is -0.347. The van der Waals surface area contributed by atoms with Crippen LogP contribution in [0.3, 0.4) is 0 Å². The molecule has 0 saturated heterocycles. The van der Waals surface area contributed by atoms with Crippen molar-refractivity contribution in [3.05, 3.63) is 18.7 Å². The molecule has 5 rings (SSSR count). The fourth-order valence-electron chi connectivity index (χ4n) is 5.44. The van der Waals surface area contributed by atoms with Crippen molar-refractivity contribution in [3.63, 3.8) is 0 Å². The van der Waals surface area contributed by atoms with Crippen LogP contribution in [0.1, 0.15) is 52.9 Å². The van der Waals surface area contributed by atoms with Gasteiger partial charge in [0.1, 0.15) is 30.1 Å². The third kappa shape index (κ3) is 2.16. The minimum Gasteiger partial charge on any atom is -0.385 e. The molecule has 0 atom stereocenters. The van der Waals surface area contributed by atoms with E-state index in [1.165, 1.54) is 32.1 Å². The Morgan fingerprint density at radius 2 is 1.67 bits per heavy atom. The zero-order valence-corrected chi connectivity index (χ0v) is 13.6. The molecule has 0 aromatic carbocycles. The van der Waals surface area contributed by atoms with Crippen molar-refractivity contribution in [3.8, 4) is 0 Å². The molecule has 3 heteroatoms. The fraction of sp³-hybridized carbons (Fsp3) is 0.833. The van der Waals surface area contributed by atoms with Crippen LogP contribution in [0.4, 0.5) is 0 Å². The molecule has 4 fully saturated rings. The Labute approximate surface area is 128 Å². The second-order valence-corrected chi connectivity index (χ2v) is 8.96. The maximum atomic E-state index is 11.4. The van der Waals surface area contributed by atoms with E-state index < -0.39 is 5.60 Å². The van der Waals surface area contributed by atoms with Crippen LogP contribution in [0, 0.1) is 23.7 Å². The third-order valence-corrected chi connectivity index (χ3v) is 6.45. The lowest BCUT2D eigenvalue weighted by molar-refractivity contribution is -0.714. The molecular formula is C18H29N2O+. The molecule has 21 heavy (non-hydrogen) atoms. The Bertz CT molecular complexity index is 512. The van der Waals surface area contributed by atoms with Gasteiger partial charge >= 0.3 is 0 Å². The maximum Gasteiger partial charge on any atom is 0.244 e. The van der Waals surface area contributed by atoms with Gasteiger partial charge in [0.25, 0.3) is 0 Å². The smallest absolute Gasteiger partial charge is 0.244 e. The van der Waals surface area contributed by atoms with Crippen LogP contribution in [-0.2, 0) is 12.1 Å². The summed E-state index contributed by atoms with van der Waals surface area (Å²) in [4.78, 5) is 0. The molecule has 0 spiro atoms. The Balaban J connectivity index is 1.57. The van der Waals surface area contributed by atoms with Crippen LogP contribution in [0.2, 0.25) is 0 Å². The number of imidazole rings is 1. The van der Waals surface area contributed by atoms with Gasteiger partial charge in [0.15, 0.2) is 0 Å². The second kappa shape index (κ2) is 4.34. The lowest BCUT2D eigenvalue weighted by Gasteiger charge is -2.58. The number of aromatic nitrogens is 2. The van der Waals surface area contributed by atoms with Crippen molar-refractivity contribution in [2.24, 2.45) is 23.7 Å². The SMILES string of the molecule is CC(C)(C)n1cc[n+](CC2(O)C3CC4CC(C3)CC2C4)c1. The highest BCUT2D eigenvalue weighted by molar-refractivity contribution is 5.05. The first-order valence-electron chi connectivity index (χ1n) is 8.64. The first-order valence-corrected chi connectivity index (χ1v) is 8.64. The standard InChI is InChI=1S/C18H29N2O/c1-17(2,3)20-5-4-19(12-20)11-18(21)15-7-13-6-14(9-15)10-16(18)8-13/h4-5,12-16,21H,6-11H2,1-3H3/q+1. The van der Waals surface area contributed by atoms with Crippen LogP contribution >= 0.6 is 0 Å². The third-order valence-electron chi connectivity index (χ3n) is 6.45. The minimum absolute atomic E-state index is 0.109. The largest absolute Gasteiger partial charge is 0.385 e. The molecule has 4 aliphatic carbocycles. The van der Waals surface area contributed by atoms with E-state index >= 15 is 0 Å². The Kier molecular flexibility index (Phi) is 2.86. The van der Waals surface area contributed by atoms with Crippen molar-refractivity contribution in [1.29, 1.82) is 0 Å². The van der Waals surface area contributed by atoms with Gasteiger partial charge in [0, 0.05) is 0 Å². The summed E-state index contributed by atoms with van der Waals surface area (Å²) in [6, 6.07) is 0. The Morgan fingerprint density at radius 3 is 2.14 bits per heavy atom. The number of hydrogen-bond donors (Lipinski definition) is 1. The van der Waals surface area contributed by atoms with E-state index in [4.69, 9.17) is 0 Å². The molecular weight excluding hydrogens is 260 g/mol. The summed E-state index contributed by atoms with van der Waals surface area (Å²) in [7, 11) is 0. The van der Waals surface area contributed by atoms with E-state index in [1.807, 2.05) is 0 Å². The summed E-state index contributed by atoms with van der Waals surface area (Å²) in [5, 5.41) is 11.4. The van der Waals surface area contributed by atoms with E-state index in [-0.39, 0.29) is 5.54 Å². The Morgan fingerprint density at radius 1 is 1.10 bits per heavy atom. The van der Waals surface area contributed by atoms with Crippen LogP contribution in [0.25, 0.3) is 0 Å². The second-order valence-electron chi connectivity index (χ2n) is 8.96. The molecule has 1 heterocycles. The van der Waals surface area contributed by atoms with Gasteiger partial charge in [-0.05, 0) is 76.5 Å². The van der Waals surface area contributed by atoms with E-state index in [1.54, 1.807) is 0 Å². The quantitative estimate of drug-likeness (QED) is 0.833. The average molecular weight is 289 g/mol. The fourth-order valence-corrected chi connectivity index (χ4v) is 5.44. The van der Waals surface area contributed by atoms with Gasteiger partial charge < -0.3 is 5.11 Å². The van der Waals surface area contributed by atoms with Crippen LogP contribution in [0.15, 0.2) is 18.7 Å². The van der Waals surface area contributed by atoms with Gasteiger partial charge in [-0.25, -0.2) is 9.13 Å². The first-order chi connectivity index (χ1) is 9.84. The topological polar surface area (TPSA) is 29.0 Å². The molecule has 1 N–H and O–H groups in total. The normalized spacial score (nSPS) is 41.7. The summed E-state index contributed by atoms with van der Waals surface area (Å²) in [6.45, 7) is 7.43. The molecule has 0 unspecified atom stereocenters. The van der Waals surface area contributed by atoms with Gasteiger partial charge in [0.2, 0.25) is 6.33 Å². The minimum atomic E-state index is -0.456. The number of hydrogen-bond acceptors (Lipinski definition) is 1. The zero-order valence-electron chi connectivity index (χ0n) is 13.6. The van der Waals surface area contributed by atoms with Gasteiger partial charge in [-0.2, -0.15) is 0 Å². The molecule has 3 nitrogen and oxygen atoms in total. The Hall–Kier alpha value is -0.830. The predicted molar refractivity (Wildman–Crippen MR) is 81.6 cm³/mol. The van der Waals surface area contributed by atoms with Crippen molar-refractivity contribution in [2.75, 3.05) is 0 Å². The molecule has 4 bridgehead atoms. The number of nitrogens with zero attached hydrogens (tertiary/aromatic N) is 2. The van der Waals surface area contributed by atoms with Gasteiger partial charge in [-0.15, -0.1) is 0 Å². The highest BCUT2D eigenvalue weighted by Gasteiger charge is 2.57. The number of rotatable bonds is 2. The summed E-state index contributed by atoms with van der Waals surface area (Å²) < 4.78 is 4.46. The molecule has 0 radical (unpaired) electrons. The van der Waals surface area contributed by atoms with E-state index in [0.29, 0.717) is 11.8 Å². The van der Waals surface area contributed by atoms with E-state index in [2.05, 4.69) is 48.6 Å². The van der Waals surface area contributed by atoms with Crippen molar-refractivity contribution in [1.82, 2.24) is 4.57 Å². The molecule has 0 amide bonds. The van der Waals surface area contributed by atoms with Crippen LogP contribution in [0.5, 0.6) is 0 Å². The maximum absolute atomic E-state index is 11.4. The molecule has 0 aliphatic heterocycles. The average Bonchev–Trinajstić information content (AvgIpc) is 2.83. The molecule has 1 aromatic heterocycles. The van der Waals surface area contributed by atoms with Gasteiger partial charge in [-0.1, -0.05) is 0 Å². The number of aliphatic hydroxyl groups is 1. The summed E-state index contributed by atoms with van der Waals surface area (Å²) >= 11 is 0. The van der Waals surface area contributed by atoms with Crippen molar-refractivity contribution in [2.45, 2.75) is 70.6 Å². The van der Waals surface area contributed by atoms with Crippen molar-refractivity contribution >= 4 is 0 Å². The summed E-state index contributed by atoms with van der Waals surface area (Å²) in [5.74, 6) is 2.91. The zero-order chi connectivity index (χ0) is 14.8. The highest BCUT2D eigenvalue weighted by atomic mass is 16.3. The molecule has 1 aromatic rings. The van der Waals surface area contributed by atoms with Crippen molar-refractivity contribution < 1.29 is 9.67 Å². The van der Waals surface area contributed by atoms with Crippen LogP contribution in [-0.4, -0.2) is 15.3 Å². The van der Waals surface area contributed by atoms with Crippen LogP contribution < -0.4 is 4.57 Å².